The minimum absolute atomic E-state index is 0.0143. The molecule has 1 aliphatic rings. The fourth-order valence-corrected chi connectivity index (χ4v) is 3.19. The Morgan fingerprint density at radius 3 is 2.50 bits per heavy atom. The van der Waals surface area contributed by atoms with Gasteiger partial charge >= 0.3 is 25.0 Å². The second-order valence-electron chi connectivity index (χ2n) is 7.78. The smallest absolute Gasteiger partial charge is 0.534 e. The van der Waals surface area contributed by atoms with Crippen LogP contribution in [0.25, 0.3) is 0 Å². The summed E-state index contributed by atoms with van der Waals surface area (Å²) in [7, 11) is -0.313. The first-order valence-corrected chi connectivity index (χ1v) is 10.5. The molecule has 2 N–H and O–H groups in total. The zero-order chi connectivity index (χ0) is 25.3. The van der Waals surface area contributed by atoms with Gasteiger partial charge in [0.25, 0.3) is 5.92 Å². The topological polar surface area (TPSA) is 137 Å². The number of benzene rings is 1. The molecular weight excluding hydrogens is 459 g/mol. The van der Waals surface area contributed by atoms with E-state index in [9.17, 15) is 33.0 Å². The minimum Gasteiger partial charge on any atom is -0.534 e. The van der Waals surface area contributed by atoms with Gasteiger partial charge in [-0.2, -0.15) is 0 Å². The molecule has 0 spiro atoms. The molecule has 0 fully saturated rings. The van der Waals surface area contributed by atoms with E-state index in [-0.39, 0.29) is 36.5 Å². The van der Waals surface area contributed by atoms with Gasteiger partial charge in [-0.1, -0.05) is 12.1 Å². The largest absolute Gasteiger partial charge is 0.547 e. The highest BCUT2D eigenvalue weighted by molar-refractivity contribution is 6.47. The molecule has 13 heteroatoms. The lowest BCUT2D eigenvalue weighted by Gasteiger charge is -2.29. The van der Waals surface area contributed by atoms with E-state index in [1.807, 2.05) is 0 Å². The molecule has 2 rings (SSSR count). The number of fused-ring (bicyclic) bond motifs is 1. The number of halogens is 2. The number of rotatable bonds is 11. The molecule has 0 unspecified atom stereocenters. The van der Waals surface area contributed by atoms with Crippen molar-refractivity contribution in [1.82, 2.24) is 5.32 Å². The van der Waals surface area contributed by atoms with Crippen LogP contribution in [0.15, 0.2) is 18.2 Å². The highest BCUT2D eigenvalue weighted by Gasteiger charge is 2.39. The van der Waals surface area contributed by atoms with Crippen molar-refractivity contribution in [1.29, 1.82) is 0 Å². The summed E-state index contributed by atoms with van der Waals surface area (Å²) in [5, 5.41) is 12.5. The van der Waals surface area contributed by atoms with Crippen LogP contribution >= 0.6 is 0 Å². The molecule has 10 nitrogen and oxygen atoms in total. The predicted octanol–water partition coefficient (Wildman–Crippen LogP) is 1.56. The van der Waals surface area contributed by atoms with Crippen molar-refractivity contribution >= 4 is 30.9 Å². The summed E-state index contributed by atoms with van der Waals surface area (Å²) in [4.78, 5) is 46.9. The average Bonchev–Trinajstić information content (AvgIpc) is 2.75. The molecule has 186 valence electrons. The molecule has 0 aromatic heterocycles. The third kappa shape index (κ3) is 8.62. The minimum atomic E-state index is -3.20. The van der Waals surface area contributed by atoms with E-state index in [1.165, 1.54) is 19.2 Å². The number of carbonyl (C=O) groups excluding carboxylic acids is 4. The summed E-state index contributed by atoms with van der Waals surface area (Å²) in [6.07, 6.45) is 0.0345. The van der Waals surface area contributed by atoms with Crippen molar-refractivity contribution in [2.75, 3.05) is 13.9 Å². The average molecular weight is 485 g/mol. The van der Waals surface area contributed by atoms with E-state index in [1.54, 1.807) is 6.07 Å². The molecule has 0 saturated heterocycles. The molecule has 0 aliphatic carbocycles. The predicted molar refractivity (Wildman–Crippen MR) is 113 cm³/mol. The number of ether oxygens (including phenoxy) is 3. The molecule has 0 saturated carbocycles. The maximum Gasteiger partial charge on any atom is 0.547 e. The van der Waals surface area contributed by atoms with Crippen molar-refractivity contribution in [2.24, 2.45) is 0 Å². The van der Waals surface area contributed by atoms with Crippen LogP contribution < -0.4 is 9.97 Å². The lowest BCUT2D eigenvalue weighted by Crippen LogP contribution is -2.53. The number of carbonyl (C=O) groups is 4. The van der Waals surface area contributed by atoms with Crippen LogP contribution in [0.1, 0.15) is 54.9 Å². The fraction of sp³-hybridized carbons (Fsp3) is 0.524. The van der Waals surface area contributed by atoms with E-state index in [2.05, 4.69) is 10.1 Å². The number of hydrogen-bond donors (Lipinski definition) is 2. The zero-order valence-corrected chi connectivity index (χ0v) is 18.8. The van der Waals surface area contributed by atoms with E-state index in [4.69, 9.17) is 14.1 Å². The van der Waals surface area contributed by atoms with Gasteiger partial charge in [-0.3, -0.25) is 14.4 Å². The lowest BCUT2D eigenvalue weighted by atomic mass is 9.72. The van der Waals surface area contributed by atoms with Crippen LogP contribution in [0.2, 0.25) is 0 Å². The summed E-state index contributed by atoms with van der Waals surface area (Å²) >= 11 is 0. The SMILES string of the molecule is COC(=O)CCCCC(=O)OCOC(=O)c1cccc2c1OB(O)[C@@H](NC(=O)CC(C)(F)F)C2. The Labute approximate surface area is 195 Å². The Morgan fingerprint density at radius 2 is 1.85 bits per heavy atom. The molecule has 1 aliphatic heterocycles. The zero-order valence-electron chi connectivity index (χ0n) is 18.8. The second kappa shape index (κ2) is 12.3. The van der Waals surface area contributed by atoms with Gasteiger partial charge in [-0.05, 0) is 37.8 Å². The highest BCUT2D eigenvalue weighted by Crippen LogP contribution is 2.31. The molecule has 1 heterocycles. The number of para-hydroxylation sites is 1. The Hall–Kier alpha value is -3.22. The van der Waals surface area contributed by atoms with Crippen LogP contribution in [-0.4, -0.2) is 61.7 Å². The summed E-state index contributed by atoms with van der Waals surface area (Å²) < 4.78 is 45.7. The maximum absolute atomic E-state index is 13.0. The van der Waals surface area contributed by atoms with Gasteiger partial charge in [-0.15, -0.1) is 0 Å². The summed E-state index contributed by atoms with van der Waals surface area (Å²) in [5.41, 5.74) is 0.395. The van der Waals surface area contributed by atoms with Crippen LogP contribution in [0.3, 0.4) is 0 Å². The van der Waals surface area contributed by atoms with Crippen molar-refractivity contribution < 1.29 is 51.8 Å². The number of amides is 1. The Kier molecular flexibility index (Phi) is 9.78. The number of alkyl halides is 2. The van der Waals surface area contributed by atoms with Gasteiger partial charge in [0.05, 0.1) is 19.5 Å². The number of hydrogen-bond acceptors (Lipinski definition) is 9. The molecule has 0 bridgehead atoms. The Bertz CT molecular complexity index is 907. The van der Waals surface area contributed by atoms with Crippen LogP contribution in [0.4, 0.5) is 8.78 Å². The summed E-state index contributed by atoms with van der Waals surface area (Å²) in [6.45, 7) is -0.0408. The van der Waals surface area contributed by atoms with Crippen molar-refractivity contribution in [3.05, 3.63) is 29.3 Å². The molecular formula is C21H26BF2NO9. The molecule has 1 amide bonds. The second-order valence-corrected chi connectivity index (χ2v) is 7.78. The normalized spacial score (nSPS) is 15.0. The van der Waals surface area contributed by atoms with E-state index in [0.717, 1.165) is 0 Å². The van der Waals surface area contributed by atoms with Gasteiger partial charge in [-0.25, -0.2) is 13.6 Å². The van der Waals surface area contributed by atoms with Gasteiger partial charge in [0.1, 0.15) is 11.3 Å². The standard InChI is InChI=1S/C21H26BF2NO9/c1-21(23,24)11-16(26)25-15-10-13-6-5-7-14(19(13)34-22(15)30)20(29)33-12-32-18(28)9-4-3-8-17(27)31-2/h5-7,15,30H,3-4,8-12H2,1-2H3,(H,25,26)/t15-/m0/s1. The first kappa shape index (κ1) is 27.0. The molecule has 0 radical (unpaired) electrons. The molecule has 1 aromatic carbocycles. The summed E-state index contributed by atoms with van der Waals surface area (Å²) in [6, 6.07) is 4.47. The molecule has 1 aromatic rings. The number of unbranched alkanes of at least 4 members (excludes halogenated alkanes) is 1. The van der Waals surface area contributed by atoms with Crippen molar-refractivity contribution in [3.63, 3.8) is 0 Å². The molecule has 34 heavy (non-hydrogen) atoms. The Balaban J connectivity index is 1.87. The van der Waals surface area contributed by atoms with E-state index in [0.29, 0.717) is 25.3 Å². The van der Waals surface area contributed by atoms with Gasteiger partial charge < -0.3 is 29.2 Å². The lowest BCUT2D eigenvalue weighted by molar-refractivity contribution is -0.152. The van der Waals surface area contributed by atoms with Gasteiger partial charge in [0.2, 0.25) is 12.7 Å². The van der Waals surface area contributed by atoms with Gasteiger partial charge in [0.15, 0.2) is 0 Å². The third-order valence-electron chi connectivity index (χ3n) is 4.81. The summed E-state index contributed by atoms with van der Waals surface area (Å²) in [5.74, 6) is -7.00. The first-order chi connectivity index (χ1) is 16.0. The maximum atomic E-state index is 13.0. The van der Waals surface area contributed by atoms with Gasteiger partial charge in [0, 0.05) is 12.8 Å². The third-order valence-corrected chi connectivity index (χ3v) is 4.81. The first-order valence-electron chi connectivity index (χ1n) is 10.5. The number of nitrogens with one attached hydrogen (secondary N) is 1. The van der Waals surface area contributed by atoms with E-state index < -0.39 is 50.0 Å². The monoisotopic (exact) mass is 485 g/mol. The van der Waals surface area contributed by atoms with Crippen molar-refractivity contribution in [2.45, 2.75) is 57.3 Å². The Morgan fingerprint density at radius 1 is 1.18 bits per heavy atom. The quantitative estimate of drug-likeness (QED) is 0.207. The van der Waals surface area contributed by atoms with Crippen LogP contribution in [-0.2, 0) is 35.0 Å². The van der Waals surface area contributed by atoms with Crippen LogP contribution in [0.5, 0.6) is 5.75 Å². The number of methoxy groups -OCH3 is 1. The number of esters is 3. The van der Waals surface area contributed by atoms with Crippen molar-refractivity contribution in [3.8, 4) is 5.75 Å². The fourth-order valence-electron chi connectivity index (χ4n) is 3.19. The molecule has 1 atom stereocenters. The van der Waals surface area contributed by atoms with Crippen LogP contribution in [0, 0.1) is 0 Å². The highest BCUT2D eigenvalue weighted by atomic mass is 19.3. The van der Waals surface area contributed by atoms with E-state index >= 15 is 0 Å².